The molecule has 12 heavy (non-hydrogen) atoms. The SMILES string of the molecule is O=[C]CCSCCCC(F)(F)F. The van der Waals surface area contributed by atoms with Gasteiger partial charge in [-0.1, -0.05) is 0 Å². The Morgan fingerprint density at radius 3 is 2.42 bits per heavy atom. The molecule has 0 heterocycles. The van der Waals surface area contributed by atoms with E-state index in [1.165, 1.54) is 11.8 Å². The van der Waals surface area contributed by atoms with Gasteiger partial charge in [0, 0.05) is 18.6 Å². The van der Waals surface area contributed by atoms with Gasteiger partial charge in [-0.2, -0.15) is 24.9 Å². The highest BCUT2D eigenvalue weighted by molar-refractivity contribution is 7.99. The second kappa shape index (κ2) is 6.34. The van der Waals surface area contributed by atoms with Gasteiger partial charge in [0.1, 0.15) is 0 Å². The van der Waals surface area contributed by atoms with Gasteiger partial charge in [-0.3, -0.25) is 4.79 Å². The summed E-state index contributed by atoms with van der Waals surface area (Å²) in [6.07, 6.45) is -2.66. The van der Waals surface area contributed by atoms with E-state index < -0.39 is 12.6 Å². The minimum Gasteiger partial charge on any atom is -0.291 e. The third-order valence-electron chi connectivity index (χ3n) is 1.10. The predicted octanol–water partition coefficient (Wildman–Crippen LogP) is 2.56. The zero-order valence-corrected chi connectivity index (χ0v) is 7.30. The van der Waals surface area contributed by atoms with Crippen molar-refractivity contribution in [3.63, 3.8) is 0 Å². The summed E-state index contributed by atoms with van der Waals surface area (Å²) in [6.45, 7) is 0. The molecule has 0 aromatic rings. The van der Waals surface area contributed by atoms with Crippen LogP contribution in [0.1, 0.15) is 19.3 Å². The molecule has 0 spiro atoms. The summed E-state index contributed by atoms with van der Waals surface area (Å²) >= 11 is 1.36. The highest BCUT2D eigenvalue weighted by atomic mass is 32.2. The van der Waals surface area contributed by atoms with Gasteiger partial charge in [0.25, 0.3) is 0 Å². The first-order chi connectivity index (χ1) is 5.56. The lowest BCUT2D eigenvalue weighted by Crippen LogP contribution is -2.07. The molecule has 0 aromatic carbocycles. The number of thioether (sulfide) groups is 1. The molecule has 0 bridgehead atoms. The van der Waals surface area contributed by atoms with Crippen LogP contribution in [0, 0.1) is 0 Å². The fourth-order valence-electron chi connectivity index (χ4n) is 0.591. The van der Waals surface area contributed by atoms with Crippen molar-refractivity contribution >= 4 is 18.0 Å². The van der Waals surface area contributed by atoms with Crippen molar-refractivity contribution in [1.82, 2.24) is 0 Å². The molecule has 0 amide bonds. The van der Waals surface area contributed by atoms with Crippen molar-refractivity contribution in [2.45, 2.75) is 25.4 Å². The largest absolute Gasteiger partial charge is 0.389 e. The van der Waals surface area contributed by atoms with E-state index in [1.54, 1.807) is 6.29 Å². The van der Waals surface area contributed by atoms with Gasteiger partial charge in [0.2, 0.25) is 0 Å². The van der Waals surface area contributed by atoms with E-state index in [9.17, 15) is 18.0 Å². The lowest BCUT2D eigenvalue weighted by molar-refractivity contribution is -0.134. The average molecular weight is 199 g/mol. The van der Waals surface area contributed by atoms with Crippen molar-refractivity contribution in [3.05, 3.63) is 0 Å². The number of carbonyl (C=O) groups excluding carboxylic acids is 1. The maximum atomic E-state index is 11.6. The summed E-state index contributed by atoms with van der Waals surface area (Å²) in [5.74, 6) is 1.03. The van der Waals surface area contributed by atoms with Gasteiger partial charge in [-0.25, -0.2) is 0 Å². The minimum atomic E-state index is -4.04. The second-order valence-electron chi connectivity index (χ2n) is 2.23. The van der Waals surface area contributed by atoms with Crippen LogP contribution in [0.25, 0.3) is 0 Å². The number of alkyl halides is 3. The number of hydrogen-bond acceptors (Lipinski definition) is 2. The molecular formula is C7H10F3OS. The summed E-state index contributed by atoms with van der Waals surface area (Å²) in [6, 6.07) is 0. The Morgan fingerprint density at radius 2 is 1.92 bits per heavy atom. The highest BCUT2D eigenvalue weighted by Gasteiger charge is 2.25. The minimum absolute atomic E-state index is 0.132. The molecular weight excluding hydrogens is 189 g/mol. The zero-order valence-electron chi connectivity index (χ0n) is 6.49. The van der Waals surface area contributed by atoms with Gasteiger partial charge < -0.3 is 0 Å². The molecule has 0 aliphatic heterocycles. The van der Waals surface area contributed by atoms with Crippen LogP contribution < -0.4 is 0 Å². The molecule has 0 unspecified atom stereocenters. The van der Waals surface area contributed by atoms with Gasteiger partial charge in [0.05, 0.1) is 0 Å². The van der Waals surface area contributed by atoms with Crippen LogP contribution in [-0.2, 0) is 4.79 Å². The smallest absolute Gasteiger partial charge is 0.291 e. The predicted molar refractivity (Wildman–Crippen MR) is 42.9 cm³/mol. The molecule has 5 heteroatoms. The Hall–Kier alpha value is -0.190. The molecule has 1 nitrogen and oxygen atoms in total. The lowest BCUT2D eigenvalue weighted by atomic mass is 10.3. The number of hydrogen-bond donors (Lipinski definition) is 0. The Bertz CT molecular complexity index is 124. The van der Waals surface area contributed by atoms with Gasteiger partial charge in [-0.15, -0.1) is 0 Å². The Labute approximate surface area is 73.7 Å². The molecule has 0 saturated carbocycles. The van der Waals surface area contributed by atoms with Gasteiger partial charge >= 0.3 is 6.18 Å². The molecule has 0 rings (SSSR count). The first kappa shape index (κ1) is 11.8. The van der Waals surface area contributed by atoms with Crippen LogP contribution in [-0.4, -0.2) is 24.0 Å². The van der Waals surface area contributed by atoms with Crippen molar-refractivity contribution in [3.8, 4) is 0 Å². The third-order valence-corrected chi connectivity index (χ3v) is 2.17. The van der Waals surface area contributed by atoms with E-state index in [0.29, 0.717) is 17.9 Å². The quantitative estimate of drug-likeness (QED) is 0.611. The third kappa shape index (κ3) is 9.81. The normalized spacial score (nSPS) is 11.6. The summed E-state index contributed by atoms with van der Waals surface area (Å²) in [7, 11) is 0. The van der Waals surface area contributed by atoms with E-state index in [4.69, 9.17) is 0 Å². The zero-order chi connectivity index (χ0) is 9.45. The van der Waals surface area contributed by atoms with Crippen LogP contribution in [0.5, 0.6) is 0 Å². The molecule has 0 aromatic heterocycles. The van der Waals surface area contributed by atoms with Crippen molar-refractivity contribution < 1.29 is 18.0 Å². The first-order valence-electron chi connectivity index (χ1n) is 3.56. The van der Waals surface area contributed by atoms with Crippen molar-refractivity contribution in [2.75, 3.05) is 11.5 Å². The Morgan fingerprint density at radius 1 is 1.25 bits per heavy atom. The maximum Gasteiger partial charge on any atom is 0.389 e. The van der Waals surface area contributed by atoms with E-state index in [-0.39, 0.29) is 6.42 Å². The van der Waals surface area contributed by atoms with Crippen molar-refractivity contribution in [1.29, 1.82) is 0 Å². The fraction of sp³-hybridized carbons (Fsp3) is 0.857. The monoisotopic (exact) mass is 199 g/mol. The molecule has 0 saturated heterocycles. The standard InChI is InChI=1S/C7H10F3OS/c8-7(9,10)3-1-5-12-6-2-4-11/h1-3,5-6H2. The van der Waals surface area contributed by atoms with Crippen LogP contribution in [0.2, 0.25) is 0 Å². The van der Waals surface area contributed by atoms with E-state index >= 15 is 0 Å². The summed E-state index contributed by atoms with van der Waals surface area (Å²) in [5.41, 5.74) is 0. The molecule has 1 radical (unpaired) electrons. The van der Waals surface area contributed by atoms with E-state index in [0.717, 1.165) is 0 Å². The van der Waals surface area contributed by atoms with Crippen LogP contribution in [0.15, 0.2) is 0 Å². The van der Waals surface area contributed by atoms with Gasteiger partial charge in [-0.05, 0) is 12.2 Å². The maximum absolute atomic E-state index is 11.6. The van der Waals surface area contributed by atoms with E-state index in [2.05, 4.69) is 0 Å². The van der Waals surface area contributed by atoms with Crippen LogP contribution in [0.4, 0.5) is 13.2 Å². The van der Waals surface area contributed by atoms with Crippen LogP contribution >= 0.6 is 11.8 Å². The second-order valence-corrected chi connectivity index (χ2v) is 3.45. The summed E-state index contributed by atoms with van der Waals surface area (Å²) < 4.78 is 34.7. The van der Waals surface area contributed by atoms with Gasteiger partial charge in [0.15, 0.2) is 6.29 Å². The number of halogens is 3. The lowest BCUT2D eigenvalue weighted by Gasteiger charge is -2.04. The molecule has 71 valence electrons. The molecule has 0 aliphatic rings. The first-order valence-corrected chi connectivity index (χ1v) is 4.71. The summed E-state index contributed by atoms with van der Waals surface area (Å²) in [4.78, 5) is 9.68. The van der Waals surface area contributed by atoms with Crippen LogP contribution in [0.3, 0.4) is 0 Å². The molecule has 0 atom stereocenters. The molecule has 0 N–H and O–H groups in total. The number of rotatable bonds is 6. The Balaban J connectivity index is 3.06. The molecule has 0 fully saturated rings. The van der Waals surface area contributed by atoms with E-state index in [1.807, 2.05) is 0 Å². The highest BCUT2D eigenvalue weighted by Crippen LogP contribution is 2.22. The Kier molecular flexibility index (Phi) is 6.24. The fourth-order valence-corrected chi connectivity index (χ4v) is 1.37. The molecule has 0 aliphatic carbocycles. The van der Waals surface area contributed by atoms with Crippen molar-refractivity contribution in [2.24, 2.45) is 0 Å². The summed E-state index contributed by atoms with van der Waals surface area (Å²) in [5, 5.41) is 0. The average Bonchev–Trinajstić information content (AvgIpc) is 1.94. The topological polar surface area (TPSA) is 17.1 Å².